The number of benzene rings is 3. The van der Waals surface area contributed by atoms with Crippen LogP contribution in [-0.2, 0) is 22.6 Å². The second-order valence-electron chi connectivity index (χ2n) is 9.51. The summed E-state index contributed by atoms with van der Waals surface area (Å²) >= 11 is 1.48. The minimum atomic E-state index is -0.602. The van der Waals surface area contributed by atoms with Gasteiger partial charge in [0.2, 0.25) is 5.16 Å². The van der Waals surface area contributed by atoms with Crippen molar-refractivity contribution in [1.82, 2.24) is 30.8 Å². The molecule has 0 bridgehead atoms. The van der Waals surface area contributed by atoms with Crippen LogP contribution in [0.2, 0.25) is 0 Å². The van der Waals surface area contributed by atoms with Crippen LogP contribution in [0, 0.1) is 0 Å². The number of tetrazole rings is 1. The van der Waals surface area contributed by atoms with E-state index in [-0.39, 0.29) is 30.6 Å². The predicted molar refractivity (Wildman–Crippen MR) is 152 cm³/mol. The van der Waals surface area contributed by atoms with Gasteiger partial charge in [-0.25, -0.2) is 4.79 Å². The smallest absolute Gasteiger partial charge is 0.315 e. The highest BCUT2D eigenvalue weighted by atomic mass is 32.2. The molecular formula is C29H32N6O5S. The van der Waals surface area contributed by atoms with E-state index in [0.29, 0.717) is 30.4 Å². The fourth-order valence-corrected chi connectivity index (χ4v) is 5.32. The van der Waals surface area contributed by atoms with Crippen molar-refractivity contribution < 1.29 is 24.5 Å². The Hall–Kier alpha value is -3.97. The van der Waals surface area contributed by atoms with E-state index in [2.05, 4.69) is 26.2 Å². The maximum absolute atomic E-state index is 11.7. The van der Waals surface area contributed by atoms with Crippen molar-refractivity contribution in [2.75, 3.05) is 12.3 Å². The Labute approximate surface area is 241 Å². The Morgan fingerprint density at radius 2 is 1.68 bits per heavy atom. The third-order valence-corrected chi connectivity index (χ3v) is 7.64. The van der Waals surface area contributed by atoms with E-state index in [1.807, 2.05) is 55.5 Å². The number of hydrogen-bond acceptors (Lipinski definition) is 9. The maximum Gasteiger partial charge on any atom is 0.315 e. The molecule has 0 aliphatic carbocycles. The summed E-state index contributed by atoms with van der Waals surface area (Å²) in [4.78, 5) is 11.7. The lowest BCUT2D eigenvalue weighted by atomic mass is 10.0. The normalized spacial score (nSPS) is 18.6. The van der Waals surface area contributed by atoms with Crippen molar-refractivity contribution in [1.29, 1.82) is 0 Å². The molecule has 1 aliphatic rings. The van der Waals surface area contributed by atoms with Gasteiger partial charge in [-0.15, -0.1) is 5.10 Å². The van der Waals surface area contributed by atoms with Crippen molar-refractivity contribution >= 4 is 17.8 Å². The first-order valence-electron chi connectivity index (χ1n) is 13.3. The van der Waals surface area contributed by atoms with Gasteiger partial charge in [-0.1, -0.05) is 60.3 Å². The summed E-state index contributed by atoms with van der Waals surface area (Å²) in [5.41, 5.74) is 4.40. The van der Waals surface area contributed by atoms with Gasteiger partial charge in [0.25, 0.3) is 0 Å². The zero-order valence-corrected chi connectivity index (χ0v) is 23.3. The molecule has 2 amide bonds. The minimum absolute atomic E-state index is 0.0200. The van der Waals surface area contributed by atoms with Crippen LogP contribution in [0.3, 0.4) is 0 Å². The summed E-state index contributed by atoms with van der Waals surface area (Å²) in [6, 6.07) is 22.0. The van der Waals surface area contributed by atoms with Gasteiger partial charge < -0.3 is 30.3 Å². The number of carbonyl (C=O) groups is 1. The number of thioether (sulfide) groups is 1. The van der Waals surface area contributed by atoms with E-state index in [1.165, 1.54) is 11.8 Å². The Morgan fingerprint density at radius 1 is 0.976 bits per heavy atom. The van der Waals surface area contributed by atoms with Gasteiger partial charge in [0.1, 0.15) is 5.75 Å². The first-order chi connectivity index (χ1) is 20.0. The standard InChI is InChI=1S/C29H32N6O5S/c1-2-30-28(38)31-16-19-3-9-22(10-4-19)27-39-25(15-26(40-27)21-7-5-20(17-36)6-8-21)18-41-29-32-33-34-35(29)23-11-13-24(37)14-12-23/h3-14,25-27,36-37H,2,15-18H2,1H3,(H2,30,31,38)/t25-,26+,27+/m0/s1. The fraction of sp³-hybridized carbons (Fsp3) is 0.310. The zero-order valence-electron chi connectivity index (χ0n) is 22.5. The Balaban J connectivity index is 1.30. The first-order valence-corrected chi connectivity index (χ1v) is 14.3. The summed E-state index contributed by atoms with van der Waals surface area (Å²) in [5, 5.41) is 37.4. The van der Waals surface area contributed by atoms with Crippen LogP contribution in [-0.4, -0.2) is 54.9 Å². The number of amides is 2. The van der Waals surface area contributed by atoms with Gasteiger partial charge in [-0.05, 0) is 58.3 Å². The molecule has 1 aliphatic heterocycles. The number of carbonyl (C=O) groups excluding carboxylic acids is 1. The number of hydrogen-bond donors (Lipinski definition) is 4. The molecule has 11 nitrogen and oxygen atoms in total. The quantitative estimate of drug-likeness (QED) is 0.206. The molecule has 12 heteroatoms. The molecule has 1 aromatic heterocycles. The number of ether oxygens (including phenoxy) is 2. The van der Waals surface area contributed by atoms with Crippen LogP contribution in [0.1, 0.15) is 48.0 Å². The summed E-state index contributed by atoms with van der Waals surface area (Å²) < 4.78 is 14.5. The third kappa shape index (κ3) is 7.41. The predicted octanol–water partition coefficient (Wildman–Crippen LogP) is 4.02. The number of aromatic nitrogens is 4. The number of phenols is 1. The molecular weight excluding hydrogens is 544 g/mol. The van der Waals surface area contributed by atoms with Gasteiger partial charge in [0.05, 0.1) is 24.5 Å². The van der Waals surface area contributed by atoms with Crippen molar-refractivity contribution in [3.05, 3.63) is 95.1 Å². The fourth-order valence-electron chi connectivity index (χ4n) is 4.41. The molecule has 3 atom stereocenters. The van der Waals surface area contributed by atoms with Gasteiger partial charge in [0.15, 0.2) is 6.29 Å². The van der Waals surface area contributed by atoms with E-state index in [4.69, 9.17) is 9.47 Å². The average Bonchev–Trinajstić information content (AvgIpc) is 3.48. The van der Waals surface area contributed by atoms with Gasteiger partial charge >= 0.3 is 6.03 Å². The molecule has 0 spiro atoms. The number of aliphatic hydroxyl groups excluding tert-OH is 1. The second kappa shape index (κ2) is 13.6. The first kappa shape index (κ1) is 28.6. The Kier molecular flexibility index (Phi) is 9.47. The molecule has 214 valence electrons. The lowest BCUT2D eigenvalue weighted by Gasteiger charge is -2.36. The molecule has 2 heterocycles. The van der Waals surface area contributed by atoms with E-state index in [9.17, 15) is 15.0 Å². The highest BCUT2D eigenvalue weighted by Gasteiger charge is 2.32. The summed E-state index contributed by atoms with van der Waals surface area (Å²) in [6.07, 6.45) is -0.378. The molecule has 1 saturated heterocycles. The van der Waals surface area contributed by atoms with Crippen LogP contribution >= 0.6 is 11.8 Å². The summed E-state index contributed by atoms with van der Waals surface area (Å²) in [6.45, 7) is 2.83. The number of nitrogens with one attached hydrogen (secondary N) is 2. The second-order valence-corrected chi connectivity index (χ2v) is 10.5. The number of rotatable bonds is 10. The lowest BCUT2D eigenvalue weighted by molar-refractivity contribution is -0.245. The van der Waals surface area contributed by atoms with Gasteiger partial charge in [0, 0.05) is 30.8 Å². The van der Waals surface area contributed by atoms with E-state index < -0.39 is 6.29 Å². The maximum atomic E-state index is 11.7. The van der Waals surface area contributed by atoms with Crippen LogP contribution in [0.15, 0.2) is 78.0 Å². The lowest BCUT2D eigenvalue weighted by Crippen LogP contribution is -2.34. The Bertz CT molecular complexity index is 1420. The number of phenolic OH excluding ortho intramolecular Hbond substituents is 1. The number of aromatic hydroxyl groups is 1. The van der Waals surface area contributed by atoms with Crippen LogP contribution in [0.4, 0.5) is 4.79 Å². The average molecular weight is 577 g/mol. The van der Waals surface area contributed by atoms with E-state index in [1.54, 1.807) is 28.9 Å². The molecule has 41 heavy (non-hydrogen) atoms. The topological polar surface area (TPSA) is 144 Å². The number of nitrogens with zero attached hydrogens (tertiary/aromatic N) is 4. The summed E-state index contributed by atoms with van der Waals surface area (Å²) in [5.74, 6) is 0.750. The highest BCUT2D eigenvalue weighted by Crippen LogP contribution is 2.39. The largest absolute Gasteiger partial charge is 0.508 e. The van der Waals surface area contributed by atoms with Crippen LogP contribution < -0.4 is 10.6 Å². The zero-order chi connectivity index (χ0) is 28.6. The molecule has 4 aromatic rings. The van der Waals surface area contributed by atoms with E-state index >= 15 is 0 Å². The van der Waals surface area contributed by atoms with Crippen molar-refractivity contribution in [3.63, 3.8) is 0 Å². The molecule has 3 aromatic carbocycles. The molecule has 5 rings (SSSR count). The summed E-state index contributed by atoms with van der Waals surface area (Å²) in [7, 11) is 0. The molecule has 4 N–H and O–H groups in total. The molecule has 1 fully saturated rings. The van der Waals surface area contributed by atoms with Gasteiger partial charge in [-0.3, -0.25) is 0 Å². The SMILES string of the molecule is CCNC(=O)NCc1ccc([C@@H]2O[C@H](CSc3nnnn3-c3ccc(O)cc3)C[C@H](c3ccc(CO)cc3)O2)cc1. The van der Waals surface area contributed by atoms with Gasteiger partial charge in [-0.2, -0.15) is 4.68 Å². The van der Waals surface area contributed by atoms with Crippen molar-refractivity contribution in [3.8, 4) is 11.4 Å². The number of aliphatic hydroxyl groups is 1. The number of urea groups is 1. The molecule has 0 radical (unpaired) electrons. The molecule has 0 unspecified atom stereocenters. The third-order valence-electron chi connectivity index (χ3n) is 6.59. The van der Waals surface area contributed by atoms with Crippen molar-refractivity contribution in [2.45, 2.75) is 50.2 Å². The minimum Gasteiger partial charge on any atom is -0.508 e. The monoisotopic (exact) mass is 576 g/mol. The van der Waals surface area contributed by atoms with Crippen LogP contribution in [0.25, 0.3) is 5.69 Å². The highest BCUT2D eigenvalue weighted by molar-refractivity contribution is 7.99. The Morgan fingerprint density at radius 3 is 2.39 bits per heavy atom. The molecule has 0 saturated carbocycles. The van der Waals surface area contributed by atoms with E-state index in [0.717, 1.165) is 27.9 Å². The van der Waals surface area contributed by atoms with Crippen LogP contribution in [0.5, 0.6) is 5.75 Å². The van der Waals surface area contributed by atoms with Crippen molar-refractivity contribution in [2.24, 2.45) is 0 Å².